The molecule has 8 heteroatoms. The van der Waals surface area contributed by atoms with Crippen molar-refractivity contribution in [3.63, 3.8) is 0 Å². The van der Waals surface area contributed by atoms with Gasteiger partial charge in [0.05, 0.1) is 6.33 Å². The van der Waals surface area contributed by atoms with Crippen molar-refractivity contribution < 1.29 is 9.90 Å². The number of aromatic nitrogens is 4. The summed E-state index contributed by atoms with van der Waals surface area (Å²) in [5, 5.41) is 8.95. The van der Waals surface area contributed by atoms with Crippen molar-refractivity contribution in [2.75, 3.05) is 0 Å². The van der Waals surface area contributed by atoms with Gasteiger partial charge in [0.2, 0.25) is 0 Å². The van der Waals surface area contributed by atoms with Crippen molar-refractivity contribution in [2.45, 2.75) is 19.0 Å². The van der Waals surface area contributed by atoms with Gasteiger partial charge in [-0.15, -0.1) is 0 Å². The van der Waals surface area contributed by atoms with E-state index in [1.165, 1.54) is 6.33 Å². The number of carbonyl (C=O) groups is 1. The number of imidazole rings is 1. The van der Waals surface area contributed by atoms with Crippen LogP contribution in [0.4, 0.5) is 0 Å². The summed E-state index contributed by atoms with van der Waals surface area (Å²) < 4.78 is 1.70. The average Bonchev–Trinajstić information content (AvgIpc) is 2.70. The first-order valence-corrected chi connectivity index (χ1v) is 5.27. The minimum absolute atomic E-state index is 0.274. The number of aliphatic carboxylic acids is 1. The Bertz CT molecular complexity index is 555. The number of aryl methyl sites for hydroxylation is 1. The molecule has 2 aromatic rings. The standard InChI is InChI=1S/C9H10ClN5O2/c10-7-6-8(13-3-12-7)15(4-14-6)2-1-5(11)9(16)17/h3-5H,1-2,11H2,(H,16,17). The monoisotopic (exact) mass is 255 g/mol. The van der Waals surface area contributed by atoms with Gasteiger partial charge in [-0.25, -0.2) is 15.0 Å². The lowest BCUT2D eigenvalue weighted by atomic mass is 10.2. The molecule has 2 heterocycles. The Morgan fingerprint density at radius 3 is 3.00 bits per heavy atom. The van der Waals surface area contributed by atoms with Crippen molar-refractivity contribution in [2.24, 2.45) is 5.73 Å². The summed E-state index contributed by atoms with van der Waals surface area (Å²) in [5.74, 6) is -1.03. The number of carboxylic acids is 1. The highest BCUT2D eigenvalue weighted by Crippen LogP contribution is 2.17. The predicted molar refractivity (Wildman–Crippen MR) is 60.6 cm³/mol. The Kier molecular flexibility index (Phi) is 3.21. The number of carboxylic acid groups (broad SMARTS) is 1. The van der Waals surface area contributed by atoms with Crippen LogP contribution in [0.15, 0.2) is 12.7 Å². The summed E-state index contributed by atoms with van der Waals surface area (Å²) in [5.41, 5.74) is 6.48. The Hall–Kier alpha value is -1.73. The van der Waals surface area contributed by atoms with Crippen molar-refractivity contribution in [3.8, 4) is 0 Å². The lowest BCUT2D eigenvalue weighted by molar-refractivity contribution is -0.138. The van der Waals surface area contributed by atoms with E-state index in [1.54, 1.807) is 10.9 Å². The molecular weight excluding hydrogens is 246 g/mol. The van der Waals surface area contributed by atoms with E-state index in [4.69, 9.17) is 22.4 Å². The van der Waals surface area contributed by atoms with Crippen LogP contribution in [0.2, 0.25) is 5.15 Å². The largest absolute Gasteiger partial charge is 0.480 e. The van der Waals surface area contributed by atoms with Gasteiger partial charge in [-0.2, -0.15) is 0 Å². The zero-order valence-corrected chi connectivity index (χ0v) is 9.50. The van der Waals surface area contributed by atoms with Crippen molar-refractivity contribution in [1.82, 2.24) is 19.5 Å². The third-order valence-corrected chi connectivity index (χ3v) is 2.63. The Morgan fingerprint density at radius 2 is 2.29 bits per heavy atom. The zero-order valence-electron chi connectivity index (χ0n) is 8.75. The van der Waals surface area contributed by atoms with Crippen LogP contribution in [0.1, 0.15) is 6.42 Å². The minimum atomic E-state index is -1.03. The second-order valence-corrected chi connectivity index (χ2v) is 3.87. The van der Waals surface area contributed by atoms with Crippen LogP contribution >= 0.6 is 11.6 Å². The molecule has 0 fully saturated rings. The summed E-state index contributed by atoms with van der Waals surface area (Å²) in [6.07, 6.45) is 3.17. The maximum absolute atomic E-state index is 10.6. The van der Waals surface area contributed by atoms with E-state index in [0.29, 0.717) is 24.1 Å². The molecular formula is C9H10ClN5O2. The molecule has 0 saturated carbocycles. The maximum atomic E-state index is 10.6. The Morgan fingerprint density at radius 1 is 1.53 bits per heavy atom. The Labute approximate surface area is 101 Å². The van der Waals surface area contributed by atoms with Gasteiger partial charge < -0.3 is 15.4 Å². The van der Waals surface area contributed by atoms with Gasteiger partial charge in [-0.05, 0) is 6.42 Å². The van der Waals surface area contributed by atoms with Gasteiger partial charge in [0, 0.05) is 6.54 Å². The number of hydrogen-bond acceptors (Lipinski definition) is 5. The van der Waals surface area contributed by atoms with E-state index < -0.39 is 12.0 Å². The molecule has 0 bridgehead atoms. The summed E-state index contributed by atoms with van der Waals surface area (Å²) in [6.45, 7) is 0.414. The third kappa shape index (κ3) is 2.34. The van der Waals surface area contributed by atoms with Crippen LogP contribution in [0, 0.1) is 0 Å². The van der Waals surface area contributed by atoms with Crippen molar-refractivity contribution >= 4 is 28.7 Å². The van der Waals surface area contributed by atoms with Gasteiger partial charge in [-0.1, -0.05) is 11.6 Å². The molecule has 0 aromatic carbocycles. The zero-order chi connectivity index (χ0) is 12.4. The molecule has 1 unspecified atom stereocenters. The SMILES string of the molecule is NC(CCn1cnc2c(Cl)ncnc21)C(=O)O. The van der Waals surface area contributed by atoms with Gasteiger partial charge in [0.1, 0.15) is 17.9 Å². The van der Waals surface area contributed by atoms with E-state index in [9.17, 15) is 4.79 Å². The Balaban J connectivity index is 2.20. The highest BCUT2D eigenvalue weighted by Gasteiger charge is 2.13. The quantitative estimate of drug-likeness (QED) is 0.760. The average molecular weight is 256 g/mol. The van der Waals surface area contributed by atoms with E-state index in [0.717, 1.165) is 0 Å². The molecule has 3 N–H and O–H groups in total. The molecule has 2 rings (SSSR count). The van der Waals surface area contributed by atoms with Crippen molar-refractivity contribution in [1.29, 1.82) is 0 Å². The van der Waals surface area contributed by atoms with E-state index in [2.05, 4.69) is 15.0 Å². The molecule has 0 aliphatic heterocycles. The molecule has 2 aromatic heterocycles. The number of hydrogen-bond donors (Lipinski definition) is 2. The fourth-order valence-corrected chi connectivity index (χ4v) is 1.59. The highest BCUT2D eigenvalue weighted by atomic mass is 35.5. The van der Waals surface area contributed by atoms with E-state index in [1.807, 2.05) is 0 Å². The second kappa shape index (κ2) is 4.64. The minimum Gasteiger partial charge on any atom is -0.480 e. The summed E-state index contributed by atoms with van der Waals surface area (Å²) in [4.78, 5) is 22.5. The number of nitrogens with two attached hydrogens (primary N) is 1. The summed E-state index contributed by atoms with van der Waals surface area (Å²) in [6, 6.07) is -0.898. The molecule has 0 amide bonds. The first-order valence-electron chi connectivity index (χ1n) is 4.89. The van der Waals surface area contributed by atoms with Gasteiger partial charge in [0.15, 0.2) is 10.8 Å². The molecule has 0 aliphatic carbocycles. The number of halogens is 1. The molecule has 17 heavy (non-hydrogen) atoms. The second-order valence-electron chi connectivity index (χ2n) is 3.51. The third-order valence-electron chi connectivity index (χ3n) is 2.35. The lowest BCUT2D eigenvalue weighted by Gasteiger charge is -2.07. The maximum Gasteiger partial charge on any atom is 0.320 e. The molecule has 0 saturated heterocycles. The van der Waals surface area contributed by atoms with Gasteiger partial charge >= 0.3 is 5.97 Å². The summed E-state index contributed by atoms with van der Waals surface area (Å²) >= 11 is 5.84. The highest BCUT2D eigenvalue weighted by molar-refractivity contribution is 6.33. The fraction of sp³-hybridized carbons (Fsp3) is 0.333. The van der Waals surface area contributed by atoms with Crippen LogP contribution in [0.25, 0.3) is 11.2 Å². The van der Waals surface area contributed by atoms with Gasteiger partial charge in [-0.3, -0.25) is 4.79 Å². The van der Waals surface area contributed by atoms with Crippen molar-refractivity contribution in [3.05, 3.63) is 17.8 Å². The molecule has 0 spiro atoms. The van der Waals surface area contributed by atoms with Crippen LogP contribution in [-0.4, -0.2) is 36.6 Å². The van der Waals surface area contributed by atoms with Crippen LogP contribution in [-0.2, 0) is 11.3 Å². The number of fused-ring (bicyclic) bond motifs is 1. The smallest absolute Gasteiger partial charge is 0.320 e. The van der Waals surface area contributed by atoms with Gasteiger partial charge in [0.25, 0.3) is 0 Å². The summed E-state index contributed by atoms with van der Waals surface area (Å²) in [7, 11) is 0. The van der Waals surface area contributed by atoms with Crippen LogP contribution in [0.3, 0.4) is 0 Å². The molecule has 90 valence electrons. The molecule has 0 aliphatic rings. The molecule has 0 radical (unpaired) electrons. The first kappa shape index (κ1) is 11.7. The van der Waals surface area contributed by atoms with E-state index in [-0.39, 0.29) is 5.15 Å². The molecule has 7 nitrogen and oxygen atoms in total. The van der Waals surface area contributed by atoms with Crippen LogP contribution < -0.4 is 5.73 Å². The fourth-order valence-electron chi connectivity index (χ4n) is 1.42. The number of rotatable bonds is 4. The lowest BCUT2D eigenvalue weighted by Crippen LogP contribution is -2.31. The number of nitrogens with zero attached hydrogens (tertiary/aromatic N) is 4. The first-order chi connectivity index (χ1) is 8.09. The van der Waals surface area contributed by atoms with Crippen LogP contribution in [0.5, 0.6) is 0 Å². The van der Waals surface area contributed by atoms with E-state index >= 15 is 0 Å². The normalized spacial score (nSPS) is 12.8. The topological polar surface area (TPSA) is 107 Å². The molecule has 1 atom stereocenters. The predicted octanol–water partition coefficient (Wildman–Crippen LogP) is 0.282.